The van der Waals surface area contributed by atoms with Crippen LogP contribution in [-0.4, -0.2) is 37.1 Å². The van der Waals surface area contributed by atoms with Crippen LogP contribution < -0.4 is 5.73 Å². The molecule has 1 fully saturated rings. The summed E-state index contributed by atoms with van der Waals surface area (Å²) in [6.07, 6.45) is 1.04. The summed E-state index contributed by atoms with van der Waals surface area (Å²) in [5, 5.41) is 0. The molecule has 19 heavy (non-hydrogen) atoms. The number of nitrogens with zero attached hydrogens (tertiary/aromatic N) is 1. The van der Waals surface area contributed by atoms with E-state index in [2.05, 4.69) is 0 Å². The maximum atomic E-state index is 12.5. The predicted molar refractivity (Wildman–Crippen MR) is 76.1 cm³/mol. The van der Waals surface area contributed by atoms with Crippen molar-refractivity contribution in [3.8, 4) is 0 Å². The van der Waals surface area contributed by atoms with Gasteiger partial charge in [-0.25, -0.2) is 0 Å². The van der Waals surface area contributed by atoms with Crippen LogP contribution in [0.1, 0.15) is 29.3 Å². The Balaban J connectivity index is 2.08. The van der Waals surface area contributed by atoms with Gasteiger partial charge >= 0.3 is 0 Å². The third-order valence-electron chi connectivity index (χ3n) is 3.70. The largest absolute Gasteiger partial charge is 0.398 e. The van der Waals surface area contributed by atoms with Crippen LogP contribution in [0.3, 0.4) is 0 Å². The molecule has 0 bridgehead atoms. The average molecular weight is 262 g/mol. The van der Waals surface area contributed by atoms with Gasteiger partial charge in [0, 0.05) is 36.9 Å². The summed E-state index contributed by atoms with van der Waals surface area (Å²) in [6, 6.07) is 5.52. The summed E-state index contributed by atoms with van der Waals surface area (Å²) in [4.78, 5) is 14.3. The number of hydrogen-bond acceptors (Lipinski definition) is 3. The molecule has 1 atom stereocenters. The first-order chi connectivity index (χ1) is 9.11. The lowest BCUT2D eigenvalue weighted by Gasteiger charge is -2.24. The number of nitrogens with two attached hydrogens (primary N) is 1. The zero-order valence-electron chi connectivity index (χ0n) is 11.7. The van der Waals surface area contributed by atoms with Crippen LogP contribution in [0.15, 0.2) is 18.2 Å². The number of ether oxygens (including phenoxy) is 1. The normalized spacial score (nSPS) is 18.5. The molecule has 0 radical (unpaired) electrons. The summed E-state index contributed by atoms with van der Waals surface area (Å²) >= 11 is 0. The van der Waals surface area contributed by atoms with Gasteiger partial charge < -0.3 is 15.4 Å². The second-order valence-corrected chi connectivity index (χ2v) is 5.14. The molecule has 1 aliphatic rings. The van der Waals surface area contributed by atoms with Crippen molar-refractivity contribution < 1.29 is 9.53 Å². The molecule has 0 aromatic heterocycles. The number of anilines is 1. The molecule has 1 unspecified atom stereocenters. The van der Waals surface area contributed by atoms with Crippen LogP contribution >= 0.6 is 0 Å². The number of hydrogen-bond donors (Lipinski definition) is 1. The molecular formula is C15H22N2O2. The Morgan fingerprint density at radius 2 is 2.32 bits per heavy atom. The van der Waals surface area contributed by atoms with E-state index in [-0.39, 0.29) is 5.91 Å². The molecule has 1 amide bonds. The third kappa shape index (κ3) is 3.26. The van der Waals surface area contributed by atoms with Crippen molar-refractivity contribution in [1.82, 2.24) is 4.90 Å². The highest BCUT2D eigenvalue weighted by molar-refractivity contribution is 5.95. The molecule has 1 heterocycles. The third-order valence-corrected chi connectivity index (χ3v) is 3.70. The fourth-order valence-electron chi connectivity index (χ4n) is 2.35. The van der Waals surface area contributed by atoms with E-state index in [9.17, 15) is 4.79 Å². The summed E-state index contributed by atoms with van der Waals surface area (Å²) in [6.45, 7) is 7.00. The maximum Gasteiger partial charge on any atom is 0.253 e. The Bertz CT molecular complexity index is 453. The first-order valence-electron chi connectivity index (χ1n) is 6.85. The number of amides is 1. The molecule has 4 heteroatoms. The number of rotatable bonds is 4. The van der Waals surface area contributed by atoms with Crippen molar-refractivity contribution in [2.75, 3.05) is 32.0 Å². The van der Waals surface area contributed by atoms with Gasteiger partial charge in [0.25, 0.3) is 5.91 Å². The predicted octanol–water partition coefficient (Wildman–Crippen LogP) is 2.08. The lowest BCUT2D eigenvalue weighted by molar-refractivity contribution is 0.0731. The molecule has 0 saturated carbocycles. The highest BCUT2D eigenvalue weighted by atomic mass is 16.5. The van der Waals surface area contributed by atoms with Gasteiger partial charge in [-0.3, -0.25) is 4.79 Å². The second-order valence-electron chi connectivity index (χ2n) is 5.14. The van der Waals surface area contributed by atoms with Crippen LogP contribution in [0, 0.1) is 12.8 Å². The topological polar surface area (TPSA) is 55.6 Å². The zero-order chi connectivity index (χ0) is 13.8. The minimum Gasteiger partial charge on any atom is -0.398 e. The van der Waals surface area contributed by atoms with Crippen molar-refractivity contribution in [3.63, 3.8) is 0 Å². The molecule has 0 aliphatic carbocycles. The first kappa shape index (κ1) is 13.9. The zero-order valence-corrected chi connectivity index (χ0v) is 11.7. The quantitative estimate of drug-likeness (QED) is 0.845. The minimum absolute atomic E-state index is 0.0566. The number of carbonyl (C=O) groups is 1. The Hall–Kier alpha value is -1.55. The Morgan fingerprint density at radius 3 is 2.89 bits per heavy atom. The molecule has 2 N–H and O–H groups in total. The molecule has 2 rings (SSSR count). The average Bonchev–Trinajstić information content (AvgIpc) is 2.91. The van der Waals surface area contributed by atoms with Gasteiger partial charge in [-0.05, 0) is 38.0 Å². The first-order valence-corrected chi connectivity index (χ1v) is 6.85. The molecule has 4 nitrogen and oxygen atoms in total. The second kappa shape index (κ2) is 6.06. The van der Waals surface area contributed by atoms with E-state index in [0.717, 1.165) is 31.7 Å². The summed E-state index contributed by atoms with van der Waals surface area (Å²) in [5.41, 5.74) is 8.22. The van der Waals surface area contributed by atoms with E-state index in [1.54, 1.807) is 6.07 Å². The fourth-order valence-corrected chi connectivity index (χ4v) is 2.35. The van der Waals surface area contributed by atoms with Gasteiger partial charge in [-0.15, -0.1) is 0 Å². The monoisotopic (exact) mass is 262 g/mol. The highest BCUT2D eigenvalue weighted by Crippen LogP contribution is 2.18. The van der Waals surface area contributed by atoms with E-state index in [1.807, 2.05) is 30.9 Å². The van der Waals surface area contributed by atoms with Gasteiger partial charge in [-0.2, -0.15) is 0 Å². The fraction of sp³-hybridized carbons (Fsp3) is 0.533. The molecule has 1 saturated heterocycles. The van der Waals surface area contributed by atoms with Crippen LogP contribution in [0.25, 0.3) is 0 Å². The highest BCUT2D eigenvalue weighted by Gasteiger charge is 2.22. The summed E-state index contributed by atoms with van der Waals surface area (Å²) in [5.74, 6) is 0.521. The Labute approximate surface area is 114 Å². The minimum atomic E-state index is 0.0566. The maximum absolute atomic E-state index is 12.5. The van der Waals surface area contributed by atoms with Gasteiger partial charge in [0.1, 0.15) is 0 Å². The standard InChI is InChI=1S/C15H22N2O2/c1-3-17(9-12-6-7-19-10-12)15(18)13-5-4-11(2)14(16)8-13/h4-5,8,12H,3,6-7,9-10,16H2,1-2H3. The lowest BCUT2D eigenvalue weighted by Crippen LogP contribution is -2.35. The molecule has 1 aromatic rings. The summed E-state index contributed by atoms with van der Waals surface area (Å²) in [7, 11) is 0. The van der Waals surface area contributed by atoms with E-state index >= 15 is 0 Å². The van der Waals surface area contributed by atoms with Crippen molar-refractivity contribution in [2.24, 2.45) is 5.92 Å². The molecule has 0 spiro atoms. The van der Waals surface area contributed by atoms with Gasteiger partial charge in [-0.1, -0.05) is 6.07 Å². The van der Waals surface area contributed by atoms with Gasteiger partial charge in [0.15, 0.2) is 0 Å². The molecule has 104 valence electrons. The summed E-state index contributed by atoms with van der Waals surface area (Å²) < 4.78 is 5.36. The van der Waals surface area contributed by atoms with Crippen LogP contribution in [0.2, 0.25) is 0 Å². The van der Waals surface area contributed by atoms with Crippen molar-refractivity contribution in [1.29, 1.82) is 0 Å². The van der Waals surface area contributed by atoms with E-state index in [0.29, 0.717) is 23.7 Å². The number of aryl methyl sites for hydroxylation is 1. The smallest absolute Gasteiger partial charge is 0.253 e. The van der Waals surface area contributed by atoms with E-state index in [1.165, 1.54) is 0 Å². The Morgan fingerprint density at radius 1 is 1.53 bits per heavy atom. The molecule has 1 aliphatic heterocycles. The van der Waals surface area contributed by atoms with Gasteiger partial charge in [0.2, 0.25) is 0 Å². The van der Waals surface area contributed by atoms with Crippen molar-refractivity contribution in [2.45, 2.75) is 20.3 Å². The van der Waals surface area contributed by atoms with Gasteiger partial charge in [0.05, 0.1) is 6.61 Å². The molecule has 1 aromatic carbocycles. The number of benzene rings is 1. The molecular weight excluding hydrogens is 240 g/mol. The number of carbonyl (C=O) groups excluding carboxylic acids is 1. The number of nitrogen functional groups attached to an aromatic ring is 1. The van der Waals surface area contributed by atoms with Crippen LogP contribution in [0.4, 0.5) is 5.69 Å². The van der Waals surface area contributed by atoms with Crippen LogP contribution in [-0.2, 0) is 4.74 Å². The van der Waals surface area contributed by atoms with E-state index < -0.39 is 0 Å². The van der Waals surface area contributed by atoms with E-state index in [4.69, 9.17) is 10.5 Å². The lowest BCUT2D eigenvalue weighted by atomic mass is 10.1. The van der Waals surface area contributed by atoms with Crippen molar-refractivity contribution in [3.05, 3.63) is 29.3 Å². The SMILES string of the molecule is CCN(CC1CCOC1)C(=O)c1ccc(C)c(N)c1. The van der Waals surface area contributed by atoms with Crippen molar-refractivity contribution >= 4 is 11.6 Å². The Kier molecular flexibility index (Phi) is 4.43. The van der Waals surface area contributed by atoms with Crippen LogP contribution in [0.5, 0.6) is 0 Å².